The van der Waals surface area contributed by atoms with Crippen molar-refractivity contribution in [3.05, 3.63) is 109 Å². The SMILES string of the molecule is P.[CH-]=O.[CH-]=O.[Fe+5].[c-]1ccccc1.[c-]1ccccc1.[c-]1ccccc1. The third-order valence-electron chi connectivity index (χ3n) is 1.82. The van der Waals surface area contributed by atoms with E-state index in [4.69, 9.17) is 9.59 Å². The quantitative estimate of drug-likeness (QED) is 0.256. The minimum absolute atomic E-state index is 0. The molecule has 1 atom stereocenters. The van der Waals surface area contributed by atoms with E-state index >= 15 is 0 Å². The number of benzene rings is 3. The van der Waals surface area contributed by atoms with Gasteiger partial charge in [-0.15, -0.1) is 0 Å². The summed E-state index contributed by atoms with van der Waals surface area (Å²) in [4.78, 5) is 15.5. The van der Waals surface area contributed by atoms with Crippen LogP contribution in [0.15, 0.2) is 91.0 Å². The fourth-order valence-corrected chi connectivity index (χ4v) is 1.03. The van der Waals surface area contributed by atoms with Crippen molar-refractivity contribution in [3.8, 4) is 0 Å². The average molecular weight is 379 g/mol. The predicted octanol–water partition coefficient (Wildman–Crippen LogP) is 3.97. The summed E-state index contributed by atoms with van der Waals surface area (Å²) in [5.41, 5.74) is 0. The molecule has 0 spiro atoms. The van der Waals surface area contributed by atoms with Crippen molar-refractivity contribution in [2.75, 3.05) is 0 Å². The van der Waals surface area contributed by atoms with Crippen LogP contribution in [-0.4, -0.2) is 13.6 Å². The number of rotatable bonds is 0. The largest absolute Gasteiger partial charge is 5.00 e. The summed E-state index contributed by atoms with van der Waals surface area (Å²) >= 11 is 0. The molecule has 0 aliphatic rings. The van der Waals surface area contributed by atoms with Gasteiger partial charge in [-0.3, -0.25) is 13.6 Å². The van der Waals surface area contributed by atoms with Crippen molar-refractivity contribution in [2.24, 2.45) is 0 Å². The van der Waals surface area contributed by atoms with E-state index in [9.17, 15) is 0 Å². The second kappa shape index (κ2) is 32.8. The molecule has 0 aromatic heterocycles. The monoisotopic (exact) mass is 379 g/mol. The molecule has 1 radical (unpaired) electrons. The zero-order valence-corrected chi connectivity index (χ0v) is 15.7. The molecule has 125 valence electrons. The molecule has 0 saturated carbocycles. The molecule has 0 saturated heterocycles. The van der Waals surface area contributed by atoms with Gasteiger partial charge in [0.25, 0.3) is 0 Å². The molecular weight excluding hydrogens is 359 g/mol. The summed E-state index contributed by atoms with van der Waals surface area (Å²) in [6.07, 6.45) is 0. The first-order chi connectivity index (χ1) is 11.0. The summed E-state index contributed by atoms with van der Waals surface area (Å²) in [6.45, 7) is 6.50. The van der Waals surface area contributed by atoms with Gasteiger partial charge in [-0.05, 0) is 0 Å². The standard InChI is InChI=1S/3C6H5.2CHO.Fe.H3P/c3*1-2-4-6-5-3-1;2*1-2;;/h3*1-5H;2*1H;;1H3/q5*-1;+5;. The Hall–Kier alpha value is -2.05. The van der Waals surface area contributed by atoms with Gasteiger partial charge in [-0.1, -0.05) is 0 Å². The molecule has 3 aromatic rings. The third kappa shape index (κ3) is 28.2. The summed E-state index contributed by atoms with van der Waals surface area (Å²) in [6, 6.07) is 37.5. The van der Waals surface area contributed by atoms with Crippen molar-refractivity contribution in [3.63, 3.8) is 0 Å². The van der Waals surface area contributed by atoms with Crippen LogP contribution in [-0.2, 0) is 26.7 Å². The third-order valence-corrected chi connectivity index (χ3v) is 1.82. The first-order valence-electron chi connectivity index (χ1n) is 6.20. The van der Waals surface area contributed by atoms with Crippen molar-refractivity contribution < 1.29 is 26.7 Å². The molecule has 24 heavy (non-hydrogen) atoms. The Balaban J connectivity index is -0.000000109. The average Bonchev–Trinajstić information content (AvgIpc) is 2.70. The van der Waals surface area contributed by atoms with E-state index in [1.54, 1.807) is 0 Å². The van der Waals surface area contributed by atoms with Crippen LogP contribution < -0.4 is 0 Å². The van der Waals surface area contributed by atoms with E-state index in [0.29, 0.717) is 0 Å². The number of hydrogen-bond donors (Lipinski definition) is 0. The maximum Gasteiger partial charge on any atom is 5.00 e. The molecular formula is C20H20FeO2P. The second-order valence-electron chi connectivity index (χ2n) is 3.23. The normalized spacial score (nSPS) is 6.33. The first kappa shape index (κ1) is 29.9. The summed E-state index contributed by atoms with van der Waals surface area (Å²) in [7, 11) is 0. The molecule has 4 heteroatoms. The van der Waals surface area contributed by atoms with Gasteiger partial charge < -0.3 is 9.59 Å². The smallest absolute Gasteiger partial charge is 0.545 e. The molecule has 0 heterocycles. The zero-order valence-electron chi connectivity index (χ0n) is 13.2. The zero-order chi connectivity index (χ0) is 16.7. The van der Waals surface area contributed by atoms with Gasteiger partial charge in [0.15, 0.2) is 0 Å². The van der Waals surface area contributed by atoms with Gasteiger partial charge in [0, 0.05) is 0 Å². The fourth-order valence-electron chi connectivity index (χ4n) is 1.03. The Morgan fingerprint density at radius 2 is 0.583 bits per heavy atom. The van der Waals surface area contributed by atoms with Gasteiger partial charge in [0.1, 0.15) is 0 Å². The van der Waals surface area contributed by atoms with Crippen LogP contribution in [0.1, 0.15) is 0 Å². The van der Waals surface area contributed by atoms with Crippen LogP contribution in [0.2, 0.25) is 0 Å². The van der Waals surface area contributed by atoms with Crippen LogP contribution in [0, 0.1) is 18.2 Å². The summed E-state index contributed by atoms with van der Waals surface area (Å²) in [5, 5.41) is 0. The van der Waals surface area contributed by atoms with Crippen LogP contribution in [0.4, 0.5) is 0 Å². The van der Waals surface area contributed by atoms with E-state index in [-0.39, 0.29) is 27.0 Å². The van der Waals surface area contributed by atoms with Gasteiger partial charge in [-0.2, -0.15) is 119 Å². The number of carbonyl (C=O) groups excluding carboxylic acids is 2. The molecule has 1 unspecified atom stereocenters. The van der Waals surface area contributed by atoms with Crippen LogP contribution in [0.3, 0.4) is 0 Å². The van der Waals surface area contributed by atoms with Crippen molar-refractivity contribution in [1.29, 1.82) is 0 Å². The Kier molecular flexibility index (Phi) is 40.8. The molecule has 0 N–H and O–H groups in total. The fraction of sp³-hybridized carbons (Fsp3) is 0. The molecule has 0 aliphatic carbocycles. The van der Waals surface area contributed by atoms with E-state index < -0.39 is 0 Å². The minimum atomic E-state index is 0. The van der Waals surface area contributed by atoms with Crippen LogP contribution >= 0.6 is 9.90 Å². The van der Waals surface area contributed by atoms with Crippen molar-refractivity contribution in [1.82, 2.24) is 0 Å². The van der Waals surface area contributed by atoms with Crippen molar-refractivity contribution >= 4 is 23.5 Å². The van der Waals surface area contributed by atoms with Crippen LogP contribution in [0.25, 0.3) is 0 Å². The molecule has 3 rings (SSSR count). The van der Waals surface area contributed by atoms with Crippen molar-refractivity contribution in [2.45, 2.75) is 0 Å². The van der Waals surface area contributed by atoms with E-state index in [1.807, 2.05) is 91.0 Å². The predicted molar refractivity (Wildman–Crippen MR) is 100 cm³/mol. The summed E-state index contributed by atoms with van der Waals surface area (Å²) in [5.74, 6) is 0. The maximum absolute atomic E-state index is 7.75. The first-order valence-corrected chi connectivity index (χ1v) is 6.20. The molecule has 0 amide bonds. The Morgan fingerprint density at radius 3 is 0.625 bits per heavy atom. The molecule has 0 bridgehead atoms. The van der Waals surface area contributed by atoms with E-state index in [2.05, 4.69) is 31.8 Å². The number of hydrogen-bond acceptors (Lipinski definition) is 2. The van der Waals surface area contributed by atoms with E-state index in [0.717, 1.165) is 0 Å². The van der Waals surface area contributed by atoms with E-state index in [1.165, 1.54) is 0 Å². The Morgan fingerprint density at radius 1 is 0.417 bits per heavy atom. The Bertz CT molecular complexity index is 339. The Labute approximate surface area is 159 Å². The van der Waals surface area contributed by atoms with Gasteiger partial charge in [-0.25, -0.2) is 0 Å². The molecule has 2 nitrogen and oxygen atoms in total. The summed E-state index contributed by atoms with van der Waals surface area (Å²) < 4.78 is 0. The topological polar surface area (TPSA) is 34.1 Å². The maximum atomic E-state index is 7.75. The van der Waals surface area contributed by atoms with Gasteiger partial charge in [0.05, 0.1) is 0 Å². The molecule has 0 aliphatic heterocycles. The van der Waals surface area contributed by atoms with Gasteiger partial charge >= 0.3 is 17.1 Å². The van der Waals surface area contributed by atoms with Gasteiger partial charge in [0.2, 0.25) is 0 Å². The second-order valence-corrected chi connectivity index (χ2v) is 3.23. The molecule has 0 fully saturated rings. The molecule has 3 aromatic carbocycles. The van der Waals surface area contributed by atoms with Crippen LogP contribution in [0.5, 0.6) is 0 Å². The minimum Gasteiger partial charge on any atom is -0.545 e.